The molecule has 0 amide bonds. The van der Waals surface area contributed by atoms with Crippen LogP contribution in [-0.4, -0.2) is 19.5 Å². The molecule has 14 heavy (non-hydrogen) atoms. The summed E-state index contributed by atoms with van der Waals surface area (Å²) >= 11 is 5.97. The van der Waals surface area contributed by atoms with Gasteiger partial charge in [-0.15, -0.1) is 0 Å². The normalized spacial score (nSPS) is 11.0. The van der Waals surface area contributed by atoms with Gasteiger partial charge in [0.1, 0.15) is 11.8 Å². The van der Waals surface area contributed by atoms with E-state index in [1.807, 2.05) is 4.57 Å². The lowest BCUT2D eigenvalue weighted by Crippen LogP contribution is -1.96. The van der Waals surface area contributed by atoms with Crippen molar-refractivity contribution < 1.29 is 0 Å². The van der Waals surface area contributed by atoms with Gasteiger partial charge in [-0.25, -0.2) is 15.0 Å². The molecule has 2 aromatic heterocycles. The molecule has 74 valence electrons. The molecule has 0 saturated carbocycles. The van der Waals surface area contributed by atoms with Crippen molar-refractivity contribution in [3.05, 3.63) is 17.8 Å². The first kappa shape index (κ1) is 9.40. The fraction of sp³-hybridized carbons (Fsp3) is 0.444. The Hall–Kier alpha value is -1.16. The number of halogens is 1. The molecular formula is C9H11ClN4. The Morgan fingerprint density at radius 3 is 3.00 bits per heavy atom. The zero-order chi connectivity index (χ0) is 9.97. The summed E-state index contributed by atoms with van der Waals surface area (Å²) in [5, 5.41) is 0.476. The first-order valence-corrected chi connectivity index (χ1v) is 5.02. The van der Waals surface area contributed by atoms with Crippen LogP contribution in [0.25, 0.3) is 11.2 Å². The zero-order valence-corrected chi connectivity index (χ0v) is 8.70. The van der Waals surface area contributed by atoms with E-state index in [4.69, 9.17) is 11.6 Å². The van der Waals surface area contributed by atoms with Crippen LogP contribution in [0.3, 0.4) is 0 Å². The van der Waals surface area contributed by atoms with Crippen LogP contribution in [0.5, 0.6) is 0 Å². The SMILES string of the molecule is CCCCn1cnc2ncnc(Cl)c21. The van der Waals surface area contributed by atoms with Gasteiger partial charge in [-0.1, -0.05) is 24.9 Å². The summed E-state index contributed by atoms with van der Waals surface area (Å²) < 4.78 is 2.00. The largest absolute Gasteiger partial charge is 0.327 e. The number of rotatable bonds is 3. The molecule has 0 aromatic carbocycles. The molecule has 0 fully saturated rings. The van der Waals surface area contributed by atoms with E-state index in [0.29, 0.717) is 10.8 Å². The number of aryl methyl sites for hydroxylation is 1. The monoisotopic (exact) mass is 210 g/mol. The zero-order valence-electron chi connectivity index (χ0n) is 7.94. The number of fused-ring (bicyclic) bond motifs is 1. The minimum Gasteiger partial charge on any atom is -0.327 e. The molecule has 0 N–H and O–H groups in total. The smallest absolute Gasteiger partial charge is 0.182 e. The van der Waals surface area contributed by atoms with Gasteiger partial charge in [0.15, 0.2) is 10.8 Å². The average Bonchev–Trinajstić information content (AvgIpc) is 2.59. The van der Waals surface area contributed by atoms with E-state index in [1.54, 1.807) is 6.33 Å². The molecule has 0 unspecified atom stereocenters. The van der Waals surface area contributed by atoms with Crippen molar-refractivity contribution in [2.75, 3.05) is 0 Å². The second-order valence-electron chi connectivity index (χ2n) is 3.13. The molecule has 0 aliphatic rings. The third-order valence-electron chi connectivity index (χ3n) is 2.12. The fourth-order valence-corrected chi connectivity index (χ4v) is 1.61. The summed E-state index contributed by atoms with van der Waals surface area (Å²) in [6.07, 6.45) is 5.45. The van der Waals surface area contributed by atoms with Crippen molar-refractivity contribution in [1.82, 2.24) is 19.5 Å². The second kappa shape index (κ2) is 3.92. The van der Waals surface area contributed by atoms with E-state index >= 15 is 0 Å². The first-order chi connectivity index (χ1) is 6.83. The standard InChI is InChI=1S/C9H11ClN4/c1-2-3-4-14-6-13-9-7(14)8(10)11-5-12-9/h5-6H,2-4H2,1H3. The Morgan fingerprint density at radius 1 is 1.36 bits per heavy atom. The molecule has 0 atom stereocenters. The van der Waals surface area contributed by atoms with Crippen LogP contribution in [-0.2, 0) is 6.54 Å². The van der Waals surface area contributed by atoms with Gasteiger partial charge in [-0.05, 0) is 6.42 Å². The van der Waals surface area contributed by atoms with Crippen molar-refractivity contribution in [2.24, 2.45) is 0 Å². The number of unbranched alkanes of at least 4 members (excludes halogenated alkanes) is 1. The third kappa shape index (κ3) is 1.57. The molecule has 0 spiro atoms. The van der Waals surface area contributed by atoms with E-state index in [1.165, 1.54) is 6.33 Å². The Bertz CT molecular complexity index is 437. The lowest BCUT2D eigenvalue weighted by atomic mass is 10.3. The summed E-state index contributed by atoms with van der Waals surface area (Å²) in [7, 11) is 0. The molecule has 0 aliphatic carbocycles. The number of hydrogen-bond donors (Lipinski definition) is 0. The van der Waals surface area contributed by atoms with E-state index in [2.05, 4.69) is 21.9 Å². The van der Waals surface area contributed by atoms with Crippen LogP contribution in [0.2, 0.25) is 5.15 Å². The second-order valence-corrected chi connectivity index (χ2v) is 3.49. The molecule has 0 bridgehead atoms. The van der Waals surface area contributed by atoms with E-state index in [9.17, 15) is 0 Å². The Kier molecular flexibility index (Phi) is 2.63. The van der Waals surface area contributed by atoms with Gasteiger partial charge in [0, 0.05) is 6.54 Å². The molecule has 0 saturated heterocycles. The summed E-state index contributed by atoms with van der Waals surface area (Å²) in [6, 6.07) is 0. The Labute approximate surface area is 87.0 Å². The highest BCUT2D eigenvalue weighted by Gasteiger charge is 2.07. The molecule has 2 heterocycles. The fourth-order valence-electron chi connectivity index (χ4n) is 1.37. The molecule has 5 heteroatoms. The molecular weight excluding hydrogens is 200 g/mol. The highest BCUT2D eigenvalue weighted by Crippen LogP contribution is 2.18. The quantitative estimate of drug-likeness (QED) is 0.730. The summed E-state index contributed by atoms with van der Waals surface area (Å²) in [4.78, 5) is 12.1. The van der Waals surface area contributed by atoms with Crippen LogP contribution in [0.4, 0.5) is 0 Å². The topological polar surface area (TPSA) is 43.6 Å². The first-order valence-electron chi connectivity index (χ1n) is 4.64. The summed E-state index contributed by atoms with van der Waals surface area (Å²) in [6.45, 7) is 3.07. The summed E-state index contributed by atoms with van der Waals surface area (Å²) in [5.74, 6) is 0. The molecule has 2 rings (SSSR count). The van der Waals surface area contributed by atoms with Gasteiger partial charge < -0.3 is 4.57 Å². The third-order valence-corrected chi connectivity index (χ3v) is 2.39. The lowest BCUT2D eigenvalue weighted by molar-refractivity contribution is 0.645. The van der Waals surface area contributed by atoms with Crippen molar-refractivity contribution in [1.29, 1.82) is 0 Å². The van der Waals surface area contributed by atoms with Crippen LogP contribution in [0.1, 0.15) is 19.8 Å². The Morgan fingerprint density at radius 2 is 2.21 bits per heavy atom. The summed E-state index contributed by atoms with van der Waals surface area (Å²) in [5.41, 5.74) is 1.50. The van der Waals surface area contributed by atoms with E-state index < -0.39 is 0 Å². The molecule has 4 nitrogen and oxygen atoms in total. The van der Waals surface area contributed by atoms with Crippen molar-refractivity contribution in [2.45, 2.75) is 26.3 Å². The maximum Gasteiger partial charge on any atom is 0.182 e. The van der Waals surface area contributed by atoms with Gasteiger partial charge in [-0.2, -0.15) is 0 Å². The van der Waals surface area contributed by atoms with Crippen molar-refractivity contribution in [3.63, 3.8) is 0 Å². The maximum absolute atomic E-state index is 5.97. The van der Waals surface area contributed by atoms with Gasteiger partial charge in [0.25, 0.3) is 0 Å². The highest BCUT2D eigenvalue weighted by atomic mass is 35.5. The number of imidazole rings is 1. The Balaban J connectivity index is 2.45. The number of nitrogens with zero attached hydrogens (tertiary/aromatic N) is 4. The number of aromatic nitrogens is 4. The molecule has 2 aromatic rings. The number of hydrogen-bond acceptors (Lipinski definition) is 3. The van der Waals surface area contributed by atoms with Gasteiger partial charge >= 0.3 is 0 Å². The average molecular weight is 211 g/mol. The maximum atomic E-state index is 5.97. The predicted molar refractivity (Wildman–Crippen MR) is 55.2 cm³/mol. The van der Waals surface area contributed by atoms with Gasteiger partial charge in [0.2, 0.25) is 0 Å². The van der Waals surface area contributed by atoms with Crippen LogP contribution in [0.15, 0.2) is 12.7 Å². The van der Waals surface area contributed by atoms with Gasteiger partial charge in [-0.3, -0.25) is 0 Å². The van der Waals surface area contributed by atoms with Gasteiger partial charge in [0.05, 0.1) is 6.33 Å². The predicted octanol–water partition coefficient (Wildman–Crippen LogP) is 2.28. The van der Waals surface area contributed by atoms with Crippen LogP contribution < -0.4 is 0 Å². The highest BCUT2D eigenvalue weighted by molar-refractivity contribution is 6.33. The van der Waals surface area contributed by atoms with Crippen molar-refractivity contribution >= 4 is 22.8 Å². The van der Waals surface area contributed by atoms with Crippen molar-refractivity contribution in [3.8, 4) is 0 Å². The van der Waals surface area contributed by atoms with Crippen LogP contribution >= 0.6 is 11.6 Å². The van der Waals surface area contributed by atoms with E-state index in [-0.39, 0.29) is 0 Å². The minimum absolute atomic E-state index is 0.476. The molecule has 0 aliphatic heterocycles. The van der Waals surface area contributed by atoms with Crippen LogP contribution in [0, 0.1) is 0 Å². The minimum atomic E-state index is 0.476. The molecule has 0 radical (unpaired) electrons. The lowest BCUT2D eigenvalue weighted by Gasteiger charge is -2.02. The van der Waals surface area contributed by atoms with E-state index in [0.717, 1.165) is 24.9 Å².